The molecule has 37 heavy (non-hydrogen) atoms. The van der Waals surface area contributed by atoms with Crippen LogP contribution in [0.3, 0.4) is 0 Å². The van der Waals surface area contributed by atoms with E-state index < -0.39 is 6.23 Å². The van der Waals surface area contributed by atoms with Crippen molar-refractivity contribution in [2.45, 2.75) is 19.3 Å². The molecule has 1 atom stereocenters. The molecule has 0 spiro atoms. The van der Waals surface area contributed by atoms with E-state index in [-0.39, 0.29) is 11.8 Å². The molecule has 6 heterocycles. The number of ether oxygens (including phenoxy) is 1. The summed E-state index contributed by atoms with van der Waals surface area (Å²) in [4.78, 5) is 21.3. The number of carbonyl (C=O) groups excluding carboxylic acids is 1. The molecule has 0 radical (unpaired) electrons. The van der Waals surface area contributed by atoms with Crippen LogP contribution in [-0.2, 0) is 17.8 Å². The second-order valence-corrected chi connectivity index (χ2v) is 9.53. The number of urea groups is 1. The molecule has 7 rings (SSSR count). The molecule has 3 N–H and O–H groups in total. The summed E-state index contributed by atoms with van der Waals surface area (Å²) in [6, 6.07) is 8.71. The molecule has 3 aliphatic rings. The Labute approximate surface area is 211 Å². The normalized spacial score (nSPS) is 20.1. The first-order valence-electron chi connectivity index (χ1n) is 12.4. The smallest absolute Gasteiger partial charge is 0.320 e. The molecule has 10 nitrogen and oxygen atoms in total. The molecule has 190 valence electrons. The number of aliphatic hydroxyl groups is 1. The lowest BCUT2D eigenvalue weighted by Crippen LogP contribution is -2.48. The largest absolute Gasteiger partial charge is 0.378 e. The fraction of sp³-hybridized carbons (Fsp3) is 0.308. The minimum atomic E-state index is -0.976. The molecule has 1 unspecified atom stereocenters. The van der Waals surface area contributed by atoms with Crippen LogP contribution in [-0.4, -0.2) is 74.0 Å². The summed E-state index contributed by atoms with van der Waals surface area (Å²) in [5, 5.41) is 11.6. The second-order valence-electron chi connectivity index (χ2n) is 9.53. The van der Waals surface area contributed by atoms with Gasteiger partial charge >= 0.3 is 6.03 Å². The Bertz CT molecular complexity index is 1570. The van der Waals surface area contributed by atoms with Crippen LogP contribution >= 0.6 is 0 Å². The first-order valence-corrected chi connectivity index (χ1v) is 12.4. The van der Waals surface area contributed by atoms with Crippen LogP contribution < -0.4 is 10.9 Å². The van der Waals surface area contributed by atoms with Crippen molar-refractivity contribution >= 4 is 33.9 Å². The number of morpholine rings is 1. The van der Waals surface area contributed by atoms with Crippen molar-refractivity contribution in [2.24, 2.45) is 0 Å². The standard InChI is InChI=1S/C26H26FN7O3/c27-17-11-16-14-33(26(36)31-7-9-37-10-8-31)6-5-32-15-19(18(12-17)24(16)32)23-22(25(35)30-29-23)20-13-28-21-3-1-2-4-34(20)21/h1-4,11-13,15,25,29-30,35H,5-10,14H2. The van der Waals surface area contributed by atoms with Crippen molar-refractivity contribution < 1.29 is 19.0 Å². The highest BCUT2D eigenvalue weighted by Crippen LogP contribution is 2.37. The van der Waals surface area contributed by atoms with Crippen molar-refractivity contribution in [3.8, 4) is 0 Å². The van der Waals surface area contributed by atoms with Gasteiger partial charge in [0, 0.05) is 61.6 Å². The van der Waals surface area contributed by atoms with Crippen molar-refractivity contribution in [3.63, 3.8) is 0 Å². The summed E-state index contributed by atoms with van der Waals surface area (Å²) in [6.45, 7) is 3.58. The monoisotopic (exact) mass is 503 g/mol. The van der Waals surface area contributed by atoms with E-state index in [1.54, 1.807) is 16.0 Å². The Morgan fingerprint density at radius 3 is 2.86 bits per heavy atom. The number of pyridine rings is 1. The predicted octanol–water partition coefficient (Wildman–Crippen LogP) is 1.99. The van der Waals surface area contributed by atoms with Gasteiger partial charge in [-0.3, -0.25) is 4.40 Å². The van der Waals surface area contributed by atoms with E-state index >= 15 is 4.39 Å². The van der Waals surface area contributed by atoms with Crippen molar-refractivity contribution in [1.29, 1.82) is 0 Å². The van der Waals surface area contributed by atoms with Gasteiger partial charge in [-0.05, 0) is 29.8 Å². The van der Waals surface area contributed by atoms with Gasteiger partial charge in [0.05, 0.1) is 36.3 Å². The van der Waals surface area contributed by atoms with E-state index in [4.69, 9.17) is 4.74 Å². The highest BCUT2D eigenvalue weighted by atomic mass is 19.1. The number of aliphatic hydroxyl groups excluding tert-OH is 1. The Kier molecular flexibility index (Phi) is 5.17. The van der Waals surface area contributed by atoms with Gasteiger partial charge < -0.3 is 29.6 Å². The lowest BCUT2D eigenvalue weighted by Gasteiger charge is -2.32. The Morgan fingerprint density at radius 2 is 2.00 bits per heavy atom. The van der Waals surface area contributed by atoms with Crippen molar-refractivity contribution in [3.05, 3.63) is 71.6 Å². The first kappa shape index (κ1) is 22.3. The summed E-state index contributed by atoms with van der Waals surface area (Å²) in [5.41, 5.74) is 11.2. The average molecular weight is 504 g/mol. The second kappa shape index (κ2) is 8.58. The van der Waals surface area contributed by atoms with E-state index in [9.17, 15) is 9.90 Å². The summed E-state index contributed by atoms with van der Waals surface area (Å²) < 4.78 is 24.4. The maximum absolute atomic E-state index is 15.0. The topological polar surface area (TPSA) is 99.3 Å². The SMILES string of the molecule is O=C(N1CCOCC1)N1CCn2cc(C3=C(c4cnc5ccccn45)C(O)NN3)c3cc(F)cc(c32)C1. The minimum Gasteiger partial charge on any atom is -0.378 e. The number of carbonyl (C=O) groups is 1. The minimum absolute atomic E-state index is 0.0472. The highest BCUT2D eigenvalue weighted by Gasteiger charge is 2.32. The summed E-state index contributed by atoms with van der Waals surface area (Å²) in [7, 11) is 0. The van der Waals surface area contributed by atoms with Gasteiger partial charge in [-0.15, -0.1) is 0 Å². The van der Waals surface area contributed by atoms with Crippen LogP contribution in [0.1, 0.15) is 16.8 Å². The van der Waals surface area contributed by atoms with E-state index in [2.05, 4.69) is 20.4 Å². The molecule has 2 amide bonds. The Hall–Kier alpha value is -3.93. The van der Waals surface area contributed by atoms with Crippen LogP contribution in [0.25, 0.3) is 27.8 Å². The van der Waals surface area contributed by atoms with Crippen LogP contribution in [0.5, 0.6) is 0 Å². The molecule has 0 aliphatic carbocycles. The molecule has 0 saturated carbocycles. The number of aromatic nitrogens is 3. The van der Waals surface area contributed by atoms with Crippen molar-refractivity contribution in [2.75, 3.05) is 32.8 Å². The number of benzene rings is 1. The molecule has 1 fully saturated rings. The number of halogens is 1. The third-order valence-electron chi connectivity index (χ3n) is 7.38. The number of imidazole rings is 1. The third kappa shape index (κ3) is 3.57. The van der Waals surface area contributed by atoms with Crippen LogP contribution in [0.15, 0.2) is 48.9 Å². The zero-order valence-electron chi connectivity index (χ0n) is 20.0. The van der Waals surface area contributed by atoms with Crippen LogP contribution in [0, 0.1) is 5.82 Å². The molecule has 3 aromatic heterocycles. The van der Waals surface area contributed by atoms with E-state index in [0.717, 1.165) is 33.4 Å². The maximum Gasteiger partial charge on any atom is 0.320 e. The van der Waals surface area contributed by atoms with Crippen LogP contribution in [0.2, 0.25) is 0 Å². The van der Waals surface area contributed by atoms with Gasteiger partial charge in [-0.1, -0.05) is 6.07 Å². The highest BCUT2D eigenvalue weighted by molar-refractivity contribution is 6.03. The number of hydrogen-bond acceptors (Lipinski definition) is 6. The van der Waals surface area contributed by atoms with Crippen molar-refractivity contribution in [1.82, 2.24) is 34.6 Å². The lowest BCUT2D eigenvalue weighted by molar-refractivity contribution is 0.0425. The quantitative estimate of drug-likeness (QED) is 0.387. The molecule has 1 aromatic carbocycles. The number of hydrogen-bond donors (Lipinski definition) is 3. The predicted molar refractivity (Wildman–Crippen MR) is 134 cm³/mol. The summed E-state index contributed by atoms with van der Waals surface area (Å²) >= 11 is 0. The number of nitrogens with zero attached hydrogens (tertiary/aromatic N) is 5. The van der Waals surface area contributed by atoms with Gasteiger partial charge in [-0.2, -0.15) is 0 Å². The van der Waals surface area contributed by atoms with Gasteiger partial charge in [0.15, 0.2) is 6.23 Å². The van der Waals surface area contributed by atoms with E-state index in [1.165, 1.54) is 12.1 Å². The molecular formula is C26H26FN7O3. The lowest BCUT2D eigenvalue weighted by atomic mass is 10.0. The molecule has 1 saturated heterocycles. The van der Waals surface area contributed by atoms with E-state index in [0.29, 0.717) is 57.2 Å². The number of fused-ring (bicyclic) bond motifs is 1. The zero-order chi connectivity index (χ0) is 25.1. The molecule has 11 heteroatoms. The number of rotatable bonds is 2. The molecule has 0 bridgehead atoms. The summed E-state index contributed by atoms with van der Waals surface area (Å²) in [5.74, 6) is -0.370. The molecule has 3 aliphatic heterocycles. The number of amides is 2. The fourth-order valence-corrected chi connectivity index (χ4v) is 5.65. The fourth-order valence-electron chi connectivity index (χ4n) is 5.65. The van der Waals surface area contributed by atoms with Crippen LogP contribution in [0.4, 0.5) is 9.18 Å². The molecule has 4 aromatic rings. The van der Waals surface area contributed by atoms with Gasteiger partial charge in [0.2, 0.25) is 0 Å². The van der Waals surface area contributed by atoms with E-state index in [1.807, 2.05) is 35.0 Å². The third-order valence-corrected chi connectivity index (χ3v) is 7.38. The zero-order valence-corrected chi connectivity index (χ0v) is 20.0. The first-order chi connectivity index (χ1) is 18.1. The molecular weight excluding hydrogens is 477 g/mol. The Balaban J connectivity index is 1.34. The van der Waals surface area contributed by atoms with Gasteiger partial charge in [0.25, 0.3) is 0 Å². The van der Waals surface area contributed by atoms with Gasteiger partial charge in [0.1, 0.15) is 11.5 Å². The summed E-state index contributed by atoms with van der Waals surface area (Å²) in [6.07, 6.45) is 4.62. The average Bonchev–Trinajstić information content (AvgIpc) is 3.57. The Morgan fingerprint density at radius 1 is 1.14 bits per heavy atom. The number of nitrogens with one attached hydrogen (secondary N) is 2. The maximum atomic E-state index is 15.0. The van der Waals surface area contributed by atoms with Gasteiger partial charge in [-0.25, -0.2) is 19.6 Å². The number of hydrazine groups is 1.